The molecule has 1 aromatic carbocycles. The largest absolute Gasteiger partial charge is 0.445 e. The number of benzene rings is 1. The van der Waals surface area contributed by atoms with Crippen molar-refractivity contribution in [2.24, 2.45) is 5.92 Å². The first-order valence-electron chi connectivity index (χ1n) is 9.89. The molecule has 30 heavy (non-hydrogen) atoms. The Labute approximate surface area is 171 Å². The first-order chi connectivity index (χ1) is 14.3. The lowest BCUT2D eigenvalue weighted by Crippen LogP contribution is -2.48. The molecule has 2 aromatic rings. The molecule has 1 amide bonds. The zero-order valence-corrected chi connectivity index (χ0v) is 16.1. The van der Waals surface area contributed by atoms with Gasteiger partial charge in [0.2, 0.25) is 0 Å². The van der Waals surface area contributed by atoms with Gasteiger partial charge in [-0.3, -0.25) is 9.78 Å². The van der Waals surface area contributed by atoms with Crippen LogP contribution in [0.5, 0.6) is 0 Å². The Bertz CT molecular complexity index is 901. The van der Waals surface area contributed by atoms with Gasteiger partial charge in [0.25, 0.3) is 0 Å². The van der Waals surface area contributed by atoms with Gasteiger partial charge >= 0.3 is 12.3 Å². The number of amides is 1. The normalized spacial score (nSPS) is 23.3. The van der Waals surface area contributed by atoms with Crippen LogP contribution in [0.1, 0.15) is 47.3 Å². The van der Waals surface area contributed by atoms with Crippen LogP contribution in [-0.4, -0.2) is 33.8 Å². The minimum absolute atomic E-state index is 0.0347. The zero-order valence-electron chi connectivity index (χ0n) is 16.1. The maximum absolute atomic E-state index is 12.8. The van der Waals surface area contributed by atoms with E-state index in [1.165, 1.54) is 0 Å². The number of alkyl halides is 3. The van der Waals surface area contributed by atoms with E-state index in [0.717, 1.165) is 30.5 Å². The number of rotatable bonds is 4. The third kappa shape index (κ3) is 4.17. The van der Waals surface area contributed by atoms with Gasteiger partial charge in [0.1, 0.15) is 12.3 Å². The van der Waals surface area contributed by atoms with E-state index >= 15 is 0 Å². The van der Waals surface area contributed by atoms with Crippen molar-refractivity contribution in [3.63, 3.8) is 0 Å². The molecule has 8 heteroatoms. The van der Waals surface area contributed by atoms with Crippen molar-refractivity contribution in [2.45, 2.75) is 50.6 Å². The first kappa shape index (κ1) is 20.4. The Morgan fingerprint density at radius 1 is 1.03 bits per heavy atom. The molecule has 2 aliphatic heterocycles. The highest BCUT2D eigenvalue weighted by Gasteiger charge is 2.46. The fourth-order valence-electron chi connectivity index (χ4n) is 4.40. The number of hydrogen-bond donors (Lipinski definition) is 0. The minimum Gasteiger partial charge on any atom is -0.445 e. The fourth-order valence-corrected chi connectivity index (χ4v) is 4.40. The number of fused-ring (bicyclic) bond motifs is 2. The maximum atomic E-state index is 12.8. The van der Waals surface area contributed by atoms with Crippen molar-refractivity contribution < 1.29 is 27.5 Å². The molecule has 0 aliphatic carbocycles. The first-order valence-corrected chi connectivity index (χ1v) is 9.89. The summed E-state index contributed by atoms with van der Waals surface area (Å²) in [5.41, 5.74) is 0.0549. The fraction of sp³-hybridized carbons (Fsp3) is 0.409. The highest BCUT2D eigenvalue weighted by molar-refractivity contribution is 5.96. The Morgan fingerprint density at radius 3 is 2.27 bits per heavy atom. The van der Waals surface area contributed by atoms with Crippen molar-refractivity contribution >= 4 is 11.9 Å². The predicted octanol–water partition coefficient (Wildman–Crippen LogP) is 4.86. The third-order valence-corrected chi connectivity index (χ3v) is 5.86. The monoisotopic (exact) mass is 418 g/mol. The Hall–Kier alpha value is -2.90. The minimum atomic E-state index is -4.49. The smallest absolute Gasteiger partial charge is 0.417 e. The number of nitrogens with zero attached hydrogens (tertiary/aromatic N) is 2. The van der Waals surface area contributed by atoms with Crippen molar-refractivity contribution in [1.29, 1.82) is 0 Å². The second-order valence-corrected chi connectivity index (χ2v) is 7.79. The number of aromatic nitrogens is 1. The summed E-state index contributed by atoms with van der Waals surface area (Å²) < 4.78 is 43.6. The molecule has 2 saturated heterocycles. The van der Waals surface area contributed by atoms with Crippen LogP contribution in [0.25, 0.3) is 0 Å². The molecule has 158 valence electrons. The average molecular weight is 418 g/mol. The molecule has 0 radical (unpaired) electrons. The number of carbonyl (C=O) groups is 2. The van der Waals surface area contributed by atoms with Crippen LogP contribution < -0.4 is 0 Å². The Kier molecular flexibility index (Phi) is 5.49. The average Bonchev–Trinajstić information content (AvgIpc) is 3.01. The second kappa shape index (κ2) is 8.08. The molecule has 4 rings (SSSR count). The highest BCUT2D eigenvalue weighted by atomic mass is 19.4. The van der Waals surface area contributed by atoms with E-state index in [9.17, 15) is 22.8 Å². The van der Waals surface area contributed by atoms with Crippen LogP contribution in [0.15, 0.2) is 48.7 Å². The third-order valence-electron chi connectivity index (χ3n) is 5.86. The lowest BCUT2D eigenvalue weighted by atomic mass is 9.86. The van der Waals surface area contributed by atoms with Gasteiger partial charge in [0, 0.05) is 24.2 Å². The standard InChI is InChI=1S/C22H21F3N2O3/c23-22(24,25)16-6-9-19(26-12-16)20(28)15-10-17-7-8-18(11-15)27(17)21(29)30-13-14-4-2-1-3-5-14/h1-6,9,12,15,17-18H,7-8,10-11,13H2. The van der Waals surface area contributed by atoms with Crippen LogP contribution >= 0.6 is 0 Å². The molecule has 0 N–H and O–H groups in total. The van der Waals surface area contributed by atoms with Crippen molar-refractivity contribution in [2.75, 3.05) is 0 Å². The van der Waals surface area contributed by atoms with E-state index in [-0.39, 0.29) is 42.2 Å². The summed E-state index contributed by atoms with van der Waals surface area (Å²) in [5.74, 6) is -0.622. The zero-order chi connectivity index (χ0) is 21.3. The molecule has 5 nitrogen and oxygen atoms in total. The van der Waals surface area contributed by atoms with Crippen molar-refractivity contribution in [1.82, 2.24) is 9.88 Å². The van der Waals surface area contributed by atoms with Gasteiger partial charge in [0.15, 0.2) is 5.78 Å². The van der Waals surface area contributed by atoms with Gasteiger partial charge in [-0.25, -0.2) is 4.79 Å². The molecule has 0 spiro atoms. The molecule has 2 unspecified atom stereocenters. The van der Waals surface area contributed by atoms with Gasteiger partial charge < -0.3 is 9.64 Å². The van der Waals surface area contributed by atoms with Crippen LogP contribution in [0.2, 0.25) is 0 Å². The summed E-state index contributed by atoms with van der Waals surface area (Å²) in [4.78, 5) is 30.9. The van der Waals surface area contributed by atoms with E-state index in [2.05, 4.69) is 4.98 Å². The molecular formula is C22H21F3N2O3. The van der Waals surface area contributed by atoms with Crippen LogP contribution in [-0.2, 0) is 17.5 Å². The number of piperidine rings is 1. The van der Waals surface area contributed by atoms with E-state index < -0.39 is 11.7 Å². The molecule has 2 aliphatic rings. The van der Waals surface area contributed by atoms with E-state index in [1.54, 1.807) is 4.90 Å². The van der Waals surface area contributed by atoms with E-state index in [0.29, 0.717) is 19.0 Å². The van der Waals surface area contributed by atoms with Crippen molar-refractivity contribution in [3.05, 3.63) is 65.5 Å². The highest BCUT2D eigenvalue weighted by Crippen LogP contribution is 2.40. The number of hydrogen-bond acceptors (Lipinski definition) is 4. The SMILES string of the molecule is O=C(c1ccc(C(F)(F)F)cn1)C1CC2CCC(C1)N2C(=O)OCc1ccccc1. The van der Waals surface area contributed by atoms with Gasteiger partial charge in [-0.15, -0.1) is 0 Å². The Balaban J connectivity index is 1.38. The summed E-state index contributed by atoms with van der Waals surface area (Å²) in [6.45, 7) is 0.188. The predicted molar refractivity (Wildman–Crippen MR) is 102 cm³/mol. The molecule has 2 fully saturated rings. The number of Topliss-reactive ketones (excluding diaryl/α,β-unsaturated/α-hetero) is 1. The molecule has 0 saturated carbocycles. The second-order valence-electron chi connectivity index (χ2n) is 7.79. The Morgan fingerprint density at radius 2 is 1.70 bits per heavy atom. The van der Waals surface area contributed by atoms with Crippen LogP contribution in [0.4, 0.5) is 18.0 Å². The topological polar surface area (TPSA) is 59.5 Å². The molecular weight excluding hydrogens is 397 g/mol. The number of pyridine rings is 1. The number of ketones is 1. The van der Waals surface area contributed by atoms with E-state index in [1.807, 2.05) is 30.3 Å². The molecule has 2 bridgehead atoms. The summed E-state index contributed by atoms with van der Waals surface area (Å²) in [7, 11) is 0. The summed E-state index contributed by atoms with van der Waals surface area (Å²) >= 11 is 0. The van der Waals surface area contributed by atoms with Gasteiger partial charge in [-0.05, 0) is 43.4 Å². The van der Waals surface area contributed by atoms with Gasteiger partial charge in [0.05, 0.1) is 5.56 Å². The van der Waals surface area contributed by atoms with Gasteiger partial charge in [-0.1, -0.05) is 30.3 Å². The van der Waals surface area contributed by atoms with Crippen LogP contribution in [0.3, 0.4) is 0 Å². The summed E-state index contributed by atoms with van der Waals surface area (Å²) in [5, 5.41) is 0. The van der Waals surface area contributed by atoms with Crippen molar-refractivity contribution in [3.8, 4) is 0 Å². The van der Waals surface area contributed by atoms with Gasteiger partial charge in [-0.2, -0.15) is 13.2 Å². The number of halogens is 3. The molecule has 2 atom stereocenters. The molecule has 3 heterocycles. The lowest BCUT2D eigenvalue weighted by Gasteiger charge is -2.37. The van der Waals surface area contributed by atoms with E-state index in [4.69, 9.17) is 4.74 Å². The summed E-state index contributed by atoms with van der Waals surface area (Å²) in [6.07, 6.45) is -1.66. The number of carbonyl (C=O) groups excluding carboxylic acids is 2. The quantitative estimate of drug-likeness (QED) is 0.665. The van der Waals surface area contributed by atoms with Crippen LogP contribution in [0, 0.1) is 5.92 Å². The summed E-state index contributed by atoms with van der Waals surface area (Å²) in [6, 6.07) is 11.2. The lowest BCUT2D eigenvalue weighted by molar-refractivity contribution is -0.137. The molecule has 1 aromatic heterocycles. The maximum Gasteiger partial charge on any atom is 0.417 e. The number of ether oxygens (including phenoxy) is 1.